The van der Waals surface area contributed by atoms with E-state index >= 15 is 0 Å². The van der Waals surface area contributed by atoms with Gasteiger partial charge in [0, 0.05) is 0 Å². The summed E-state index contributed by atoms with van der Waals surface area (Å²) in [6.45, 7) is -0.0872. The van der Waals surface area contributed by atoms with Crippen LogP contribution < -0.4 is 0 Å². The second kappa shape index (κ2) is 5.67. The van der Waals surface area contributed by atoms with E-state index < -0.39 is 16.0 Å². The van der Waals surface area contributed by atoms with Crippen molar-refractivity contribution in [2.75, 3.05) is 12.7 Å². The van der Waals surface area contributed by atoms with E-state index in [0.717, 1.165) is 0 Å². The lowest BCUT2D eigenvalue weighted by Gasteiger charge is -2.00. The fraction of sp³-hybridized carbons (Fsp3) is 1.00. The summed E-state index contributed by atoms with van der Waals surface area (Å²) < 4.78 is 4.52. The molecule has 7 nitrogen and oxygen atoms in total. The lowest BCUT2D eigenvalue weighted by molar-refractivity contribution is -0.743. The largest absolute Gasteiger partial charge is 0.453 e. The number of nitrogens with zero attached hydrogens (tertiary/aromatic N) is 2. The van der Waals surface area contributed by atoms with Gasteiger partial charge in [0.25, 0.3) is 0 Å². The van der Waals surface area contributed by atoms with Crippen molar-refractivity contribution in [3.05, 3.63) is 20.2 Å². The van der Waals surface area contributed by atoms with Crippen LogP contribution in [-0.4, -0.2) is 28.7 Å². The molecule has 0 heterocycles. The van der Waals surface area contributed by atoms with Crippen molar-refractivity contribution in [1.29, 1.82) is 0 Å². The monoisotopic (exact) mass is 198 g/mol. The van der Waals surface area contributed by atoms with Gasteiger partial charge in [-0.15, -0.1) is 0 Å². The molecule has 70 valence electrons. The van der Waals surface area contributed by atoms with Crippen molar-refractivity contribution in [1.82, 2.24) is 0 Å². The van der Waals surface area contributed by atoms with Crippen molar-refractivity contribution in [3.8, 4) is 0 Å². The molecule has 0 N–H and O–H groups in total. The van der Waals surface area contributed by atoms with Crippen LogP contribution in [0.25, 0.3) is 0 Å². The minimum absolute atomic E-state index is 0.0872. The van der Waals surface area contributed by atoms with Gasteiger partial charge in [-0.3, -0.25) is 20.2 Å². The average molecular weight is 199 g/mol. The topological polar surface area (TPSA) is 95.5 Å². The Labute approximate surface area is 72.6 Å². The quantitative estimate of drug-likeness (QED) is 0.203. The first-order valence-electron chi connectivity index (χ1n) is 3.00. The Balaban J connectivity index is 3.80. The molecule has 0 amide bonds. The molecule has 0 aliphatic rings. The highest BCUT2D eigenvalue weighted by molar-refractivity contribution is 6.17. The molecule has 0 saturated heterocycles. The molecule has 0 unspecified atom stereocenters. The molecule has 12 heavy (non-hydrogen) atoms. The van der Waals surface area contributed by atoms with Crippen LogP contribution in [0.15, 0.2) is 0 Å². The molecule has 0 atom stereocenters. The van der Waals surface area contributed by atoms with Gasteiger partial charge in [0.05, 0.1) is 16.5 Å². The Morgan fingerprint density at radius 2 is 1.83 bits per heavy atom. The summed E-state index contributed by atoms with van der Waals surface area (Å²) in [6.07, 6.45) is -2.07. The number of rotatable bonds is 6. The number of hydrogen-bond donors (Lipinski definition) is 0. The Kier molecular flexibility index (Phi) is 5.22. The van der Waals surface area contributed by atoms with Gasteiger partial charge in [-0.05, 0) is 0 Å². The van der Waals surface area contributed by atoms with Crippen LogP contribution in [0, 0.1) is 20.2 Å². The lowest BCUT2D eigenvalue weighted by atomic mass is 10.4. The molecule has 0 aliphatic carbocycles. The molecule has 0 aromatic rings. The molecule has 0 aromatic carbocycles. The van der Waals surface area contributed by atoms with Crippen molar-refractivity contribution < 1.29 is 14.6 Å². The first kappa shape index (κ1) is 11.1. The van der Waals surface area contributed by atoms with E-state index in [4.69, 9.17) is 11.6 Å². The van der Waals surface area contributed by atoms with Crippen molar-refractivity contribution >= 4 is 11.6 Å². The maximum Gasteiger partial charge on any atom is 0.453 e. The molecule has 0 bridgehead atoms. The summed E-state index contributed by atoms with van der Waals surface area (Å²) in [7, 11) is 0. The smallest absolute Gasteiger partial charge is 0.365 e. The second-order valence-corrected chi connectivity index (χ2v) is 2.08. The fourth-order valence-electron chi connectivity index (χ4n) is 0.531. The van der Waals surface area contributed by atoms with E-state index in [1.807, 2.05) is 0 Å². The molecular formula is C4H7ClN2O5. The van der Waals surface area contributed by atoms with Crippen LogP contribution in [0.4, 0.5) is 0 Å². The van der Waals surface area contributed by atoms with Gasteiger partial charge in [-0.25, -0.2) is 0 Å². The normalized spacial score (nSPS) is 10.2. The molecule has 0 spiro atoms. The standard InChI is InChI=1S/C4H7ClN2O5/c5-3-12-2-1-4(6(8)9)7(10)11/h4H,1-3H2. The summed E-state index contributed by atoms with van der Waals surface area (Å²) in [6, 6.07) is -0.123. The zero-order valence-corrected chi connectivity index (χ0v) is 6.77. The van der Waals surface area contributed by atoms with Gasteiger partial charge >= 0.3 is 6.17 Å². The molecule has 0 radical (unpaired) electrons. The minimum Gasteiger partial charge on any atom is -0.365 e. The zero-order chi connectivity index (χ0) is 9.56. The molecule has 0 aromatic heterocycles. The van der Waals surface area contributed by atoms with Gasteiger partial charge in [-0.1, -0.05) is 11.6 Å². The molecule has 0 aliphatic heterocycles. The summed E-state index contributed by atoms with van der Waals surface area (Å²) in [5, 5.41) is 20.0. The summed E-state index contributed by atoms with van der Waals surface area (Å²) in [5.41, 5.74) is 0. The van der Waals surface area contributed by atoms with E-state index in [-0.39, 0.29) is 19.1 Å². The van der Waals surface area contributed by atoms with Crippen LogP contribution in [0.5, 0.6) is 0 Å². The van der Waals surface area contributed by atoms with E-state index in [9.17, 15) is 20.2 Å². The lowest BCUT2D eigenvalue weighted by Crippen LogP contribution is -2.29. The Bertz CT molecular complexity index is 161. The van der Waals surface area contributed by atoms with Crippen LogP contribution >= 0.6 is 11.6 Å². The first-order valence-corrected chi connectivity index (χ1v) is 3.53. The maximum absolute atomic E-state index is 10.0. The highest BCUT2D eigenvalue weighted by Gasteiger charge is 2.31. The highest BCUT2D eigenvalue weighted by Crippen LogP contribution is 1.98. The van der Waals surface area contributed by atoms with Crippen LogP contribution in [0.3, 0.4) is 0 Å². The Morgan fingerprint density at radius 1 is 1.33 bits per heavy atom. The number of hydrogen-bond acceptors (Lipinski definition) is 5. The molecular weight excluding hydrogens is 192 g/mol. The van der Waals surface area contributed by atoms with E-state index in [0.29, 0.717) is 0 Å². The van der Waals surface area contributed by atoms with Crippen molar-refractivity contribution in [2.24, 2.45) is 0 Å². The van der Waals surface area contributed by atoms with E-state index in [2.05, 4.69) is 4.74 Å². The summed E-state index contributed by atoms with van der Waals surface area (Å²) in [4.78, 5) is 18.1. The predicted octanol–water partition coefficient (Wildman–Crippen LogP) is 0.469. The van der Waals surface area contributed by atoms with Crippen LogP contribution in [-0.2, 0) is 4.74 Å². The highest BCUT2D eigenvalue weighted by atomic mass is 35.5. The molecule has 8 heteroatoms. The van der Waals surface area contributed by atoms with Gasteiger partial charge in [0.2, 0.25) is 0 Å². The van der Waals surface area contributed by atoms with Gasteiger partial charge in [0.1, 0.15) is 12.5 Å². The Morgan fingerprint density at radius 3 is 2.17 bits per heavy atom. The van der Waals surface area contributed by atoms with Gasteiger partial charge < -0.3 is 4.74 Å². The summed E-state index contributed by atoms with van der Waals surface area (Å²) >= 11 is 5.08. The second-order valence-electron chi connectivity index (χ2n) is 1.86. The van der Waals surface area contributed by atoms with Crippen LogP contribution in [0.1, 0.15) is 6.42 Å². The number of alkyl halides is 1. The van der Waals surface area contributed by atoms with E-state index in [1.54, 1.807) is 0 Å². The van der Waals surface area contributed by atoms with Crippen LogP contribution in [0.2, 0.25) is 0 Å². The minimum atomic E-state index is -1.80. The molecule has 0 saturated carbocycles. The number of ether oxygens (including phenoxy) is 1. The molecule has 0 fully saturated rings. The third kappa shape index (κ3) is 4.04. The van der Waals surface area contributed by atoms with Gasteiger partial charge in [-0.2, -0.15) is 0 Å². The predicted molar refractivity (Wildman–Crippen MR) is 39.1 cm³/mol. The third-order valence-corrected chi connectivity index (χ3v) is 1.24. The molecule has 0 rings (SSSR count). The van der Waals surface area contributed by atoms with E-state index in [1.165, 1.54) is 0 Å². The van der Waals surface area contributed by atoms with Gasteiger partial charge in [0.15, 0.2) is 0 Å². The number of nitro groups is 2. The Hall–Kier alpha value is -0.950. The fourth-order valence-corrected chi connectivity index (χ4v) is 0.640. The van der Waals surface area contributed by atoms with Crippen molar-refractivity contribution in [2.45, 2.75) is 12.6 Å². The summed E-state index contributed by atoms with van der Waals surface area (Å²) in [5.74, 6) is 0. The maximum atomic E-state index is 10.0. The average Bonchev–Trinajstić information content (AvgIpc) is 1.96. The third-order valence-electron chi connectivity index (χ3n) is 1.08. The zero-order valence-electron chi connectivity index (χ0n) is 6.01. The van der Waals surface area contributed by atoms with Crippen molar-refractivity contribution in [3.63, 3.8) is 0 Å². The number of halogens is 1. The first-order chi connectivity index (χ1) is 5.59. The SMILES string of the molecule is O=[N+]([O-])C(CCOCCl)[N+](=O)[O-].